The van der Waals surface area contributed by atoms with Crippen LogP contribution in [0.15, 0.2) is 77.3 Å². The molecule has 4 aliphatic heterocycles. The summed E-state index contributed by atoms with van der Waals surface area (Å²) >= 11 is 1.39. The molecule has 19 heteroatoms. The fourth-order valence-electron chi connectivity index (χ4n) is 10.7. The van der Waals surface area contributed by atoms with Crippen molar-refractivity contribution >= 4 is 53.1 Å². The van der Waals surface area contributed by atoms with Crippen molar-refractivity contribution in [1.82, 2.24) is 24.9 Å². The first-order valence-corrected chi connectivity index (χ1v) is 27.0. The fraction of sp³-hybridized carbons (Fsp3) is 0.526. The summed E-state index contributed by atoms with van der Waals surface area (Å²) in [6.07, 6.45) is 1.84. The molecule has 3 N–H and O–H groups in total. The van der Waals surface area contributed by atoms with Crippen LogP contribution in [0.5, 0.6) is 17.2 Å². The molecule has 3 aromatic rings. The summed E-state index contributed by atoms with van der Waals surface area (Å²) in [6.45, 7) is 10.1. The zero-order valence-corrected chi connectivity index (χ0v) is 45.9. The number of carboxylic acids is 1. The number of nitrogens with one attached hydrogen (secondary N) is 1. The molecule has 410 valence electrons. The molecule has 7 rings (SSSR count). The number of likely N-dealkylation sites (N-methyl/N-ethyl adjacent to an activating group) is 1. The topological polar surface area (TPSA) is 222 Å². The molecule has 0 saturated carbocycles. The lowest BCUT2D eigenvalue weighted by molar-refractivity contribution is -0.164. The predicted octanol–water partition coefficient (Wildman–Crippen LogP) is 6.03. The number of aryl methyl sites for hydroxylation is 1. The van der Waals surface area contributed by atoms with E-state index in [1.807, 2.05) is 49.1 Å². The van der Waals surface area contributed by atoms with E-state index in [2.05, 4.69) is 5.32 Å². The summed E-state index contributed by atoms with van der Waals surface area (Å²) in [5, 5.41) is 23.3. The number of esters is 1. The quantitative estimate of drug-likeness (QED) is 0.0427. The second kappa shape index (κ2) is 24.7. The van der Waals surface area contributed by atoms with Gasteiger partial charge in [0.25, 0.3) is 11.8 Å². The molecule has 0 bridgehead atoms. The molecule has 3 aromatic carbocycles. The molecule has 0 spiro atoms. The molecular weight excluding hydrogens is 995 g/mol. The molecule has 4 amide bonds. The van der Waals surface area contributed by atoms with E-state index in [-0.39, 0.29) is 48.4 Å². The van der Waals surface area contributed by atoms with Crippen molar-refractivity contribution in [2.24, 2.45) is 17.3 Å². The SMILES string of the molecule is CCC(C)(C)C(=O)C(=O)N1CCCC[C@H]1C(=O)O[C@H](CCc1ccc(OC)c(OC)c1)c1cccc(OCCNC(=O)c2cccc(CN3C[C@@H](SC4=C(C(=O)O)N5C(=O)[C@H]([C@@H](C)O)[C@H]5[C@H]4C)C[C@H]3C(=O)N(C)C)c2)c1. The maximum atomic E-state index is 14.2. The highest BCUT2D eigenvalue weighted by Gasteiger charge is 2.60. The number of aliphatic hydroxyl groups is 1. The number of hydrogen-bond donors (Lipinski definition) is 3. The number of carbonyl (C=O) groups is 7. The van der Waals surface area contributed by atoms with Gasteiger partial charge in [-0.25, -0.2) is 9.59 Å². The molecule has 3 fully saturated rings. The number of methoxy groups -OCH3 is 2. The lowest BCUT2D eigenvalue weighted by Crippen LogP contribution is -2.63. The number of carbonyl (C=O) groups excluding carboxylic acids is 6. The van der Waals surface area contributed by atoms with E-state index in [0.29, 0.717) is 91.3 Å². The molecule has 4 heterocycles. The number of Topliss-reactive ketones (excluding diaryl/α,β-unsaturated/α-hetero) is 1. The summed E-state index contributed by atoms with van der Waals surface area (Å²) in [7, 11) is 6.51. The maximum Gasteiger partial charge on any atom is 0.353 e. The van der Waals surface area contributed by atoms with E-state index in [0.717, 1.165) is 11.1 Å². The van der Waals surface area contributed by atoms with Crippen LogP contribution in [0, 0.1) is 17.3 Å². The lowest BCUT2D eigenvalue weighted by atomic mass is 9.79. The summed E-state index contributed by atoms with van der Waals surface area (Å²) in [5.74, 6) is -3.17. The Balaban J connectivity index is 0.992. The third kappa shape index (κ3) is 12.5. The maximum absolute atomic E-state index is 14.2. The van der Waals surface area contributed by atoms with Crippen molar-refractivity contribution < 1.29 is 62.7 Å². The van der Waals surface area contributed by atoms with Gasteiger partial charge >= 0.3 is 11.9 Å². The van der Waals surface area contributed by atoms with Gasteiger partial charge in [-0.1, -0.05) is 58.0 Å². The number of ether oxygens (including phenoxy) is 4. The van der Waals surface area contributed by atoms with Crippen LogP contribution in [0.4, 0.5) is 0 Å². The highest BCUT2D eigenvalue weighted by molar-refractivity contribution is 8.03. The second-order valence-corrected chi connectivity index (χ2v) is 22.4. The number of nitrogens with zero attached hydrogens (tertiary/aromatic N) is 4. The van der Waals surface area contributed by atoms with Gasteiger partial charge in [-0.15, -0.1) is 11.8 Å². The van der Waals surface area contributed by atoms with Crippen molar-refractivity contribution in [2.45, 2.75) is 122 Å². The Morgan fingerprint density at radius 3 is 2.36 bits per heavy atom. The van der Waals surface area contributed by atoms with Crippen molar-refractivity contribution in [1.29, 1.82) is 0 Å². The van der Waals surface area contributed by atoms with Crippen molar-refractivity contribution in [2.75, 3.05) is 54.6 Å². The normalized spacial score (nSPS) is 22.3. The van der Waals surface area contributed by atoms with Gasteiger partial charge < -0.3 is 49.2 Å². The van der Waals surface area contributed by atoms with Crippen molar-refractivity contribution in [3.8, 4) is 17.2 Å². The molecular formula is C57H73N5O13S. The number of benzene rings is 3. The molecule has 3 saturated heterocycles. The molecule has 0 aromatic heterocycles. The monoisotopic (exact) mass is 1070 g/mol. The predicted molar refractivity (Wildman–Crippen MR) is 284 cm³/mol. The Morgan fingerprint density at radius 1 is 0.934 bits per heavy atom. The Labute approximate surface area is 449 Å². The smallest absolute Gasteiger partial charge is 0.353 e. The molecule has 76 heavy (non-hydrogen) atoms. The number of thioether (sulfide) groups is 1. The summed E-state index contributed by atoms with van der Waals surface area (Å²) < 4.78 is 23.4. The van der Waals surface area contributed by atoms with E-state index in [1.54, 1.807) is 85.5 Å². The number of fused-ring (bicyclic) bond motifs is 1. The lowest BCUT2D eigenvalue weighted by Gasteiger charge is -2.46. The first-order valence-electron chi connectivity index (χ1n) is 26.2. The Hall–Kier alpha value is -6.44. The van der Waals surface area contributed by atoms with Gasteiger partial charge in [0, 0.05) is 60.8 Å². The van der Waals surface area contributed by atoms with Crippen LogP contribution in [-0.4, -0.2) is 155 Å². The van der Waals surface area contributed by atoms with Crippen molar-refractivity contribution in [3.05, 3.63) is 99.6 Å². The number of rotatable bonds is 23. The molecule has 18 nitrogen and oxygen atoms in total. The number of β-lactam (4-membered cyclic amide) rings is 1. The Bertz CT molecular complexity index is 2710. The summed E-state index contributed by atoms with van der Waals surface area (Å²) in [4.78, 5) is 101. The average Bonchev–Trinajstić information content (AvgIpc) is 4.05. The van der Waals surface area contributed by atoms with E-state index in [9.17, 15) is 43.8 Å². The van der Waals surface area contributed by atoms with Gasteiger partial charge in [0.2, 0.25) is 17.6 Å². The number of aliphatic hydroxyl groups excluding tert-OH is 1. The number of amides is 4. The van der Waals surface area contributed by atoms with Crippen LogP contribution >= 0.6 is 11.8 Å². The van der Waals surface area contributed by atoms with Gasteiger partial charge in [0.15, 0.2) is 11.5 Å². The van der Waals surface area contributed by atoms with Gasteiger partial charge in [-0.3, -0.25) is 28.9 Å². The summed E-state index contributed by atoms with van der Waals surface area (Å²) in [5.41, 5.74) is 1.86. The summed E-state index contributed by atoms with van der Waals surface area (Å²) in [6, 6.07) is 18.1. The van der Waals surface area contributed by atoms with E-state index in [1.165, 1.54) is 26.5 Å². The zero-order chi connectivity index (χ0) is 55.2. The first-order chi connectivity index (χ1) is 36.2. The first kappa shape index (κ1) is 57.3. The van der Waals surface area contributed by atoms with Crippen LogP contribution in [0.1, 0.15) is 106 Å². The Kier molecular flexibility index (Phi) is 18.6. The molecule has 0 unspecified atom stereocenters. The van der Waals surface area contributed by atoms with Crippen molar-refractivity contribution in [3.63, 3.8) is 0 Å². The minimum absolute atomic E-state index is 0.0498. The van der Waals surface area contributed by atoms with Gasteiger partial charge in [0.1, 0.15) is 30.2 Å². The van der Waals surface area contributed by atoms with Crippen LogP contribution in [0.2, 0.25) is 0 Å². The largest absolute Gasteiger partial charge is 0.493 e. The number of piperidine rings is 1. The number of hydrogen-bond acceptors (Lipinski definition) is 14. The fourth-order valence-corrected chi connectivity index (χ4v) is 12.2. The second-order valence-electron chi connectivity index (χ2n) is 21.0. The van der Waals surface area contributed by atoms with Crippen LogP contribution in [0.25, 0.3) is 0 Å². The van der Waals surface area contributed by atoms with Gasteiger partial charge in [-0.2, -0.15) is 0 Å². The van der Waals surface area contributed by atoms with Gasteiger partial charge in [-0.05, 0) is 105 Å². The average molecular weight is 1070 g/mol. The van der Waals surface area contributed by atoms with E-state index < -0.39 is 71.2 Å². The molecule has 4 aliphatic rings. The van der Waals surface area contributed by atoms with Gasteiger partial charge in [0.05, 0.1) is 44.9 Å². The number of carboxylic acid groups (broad SMARTS) is 1. The van der Waals surface area contributed by atoms with Crippen LogP contribution < -0.4 is 19.5 Å². The third-order valence-electron chi connectivity index (χ3n) is 15.3. The molecule has 0 radical (unpaired) electrons. The highest BCUT2D eigenvalue weighted by atomic mass is 32.2. The third-order valence-corrected chi connectivity index (χ3v) is 16.8. The zero-order valence-electron chi connectivity index (χ0n) is 45.0. The minimum Gasteiger partial charge on any atom is -0.493 e. The standard InChI is InChI=1S/C57H73N5O13S/c1-10-57(4,5)50(64)54(68)61-25-12-11-19-41(61)56(71)75-43(22-20-35-21-23-44(72-8)45(28-35)73-9)37-16-14-18-39(29-37)74-26-24-58-51(65)38-17-13-15-36(27-38)31-60-32-40(30-42(60)52(66)59(6)7)76-49-33(2)47-46(34(3)63)53(67)62(47)48(49)55(69)70/h13-18,21,23,27-29,33-34,40-43,46-47,63H,10-12,19-20,22,24-26,30-32H2,1-9H3,(H,58,65)(H,69,70)/t33-,34-,40+,41+,42+,43-,46-,47-/m1/s1. The molecule has 8 atom stereocenters. The minimum atomic E-state index is -1.20. The number of aliphatic carboxylic acids is 1. The highest BCUT2D eigenvalue weighted by Crippen LogP contribution is 2.52. The van der Waals surface area contributed by atoms with Crippen LogP contribution in [0.3, 0.4) is 0 Å². The van der Waals surface area contributed by atoms with E-state index in [4.69, 9.17) is 18.9 Å². The molecule has 0 aliphatic carbocycles. The van der Waals surface area contributed by atoms with E-state index >= 15 is 0 Å². The number of ketones is 1. The number of likely N-dealkylation sites (tertiary alicyclic amines) is 2. The Morgan fingerprint density at radius 2 is 1.67 bits per heavy atom. The van der Waals surface area contributed by atoms with Crippen LogP contribution in [-0.2, 0) is 46.5 Å².